The van der Waals surface area contributed by atoms with Crippen LogP contribution in [0.2, 0.25) is 0 Å². The summed E-state index contributed by atoms with van der Waals surface area (Å²) >= 11 is 6.65. The molecule has 2 fully saturated rings. The van der Waals surface area contributed by atoms with Gasteiger partial charge in [0.15, 0.2) is 0 Å². The van der Waals surface area contributed by atoms with Gasteiger partial charge in [-0.15, -0.1) is 0 Å². The molecule has 3 heterocycles. The zero-order valence-corrected chi connectivity index (χ0v) is 20.1. The zero-order chi connectivity index (χ0) is 22.7. The molecule has 1 saturated heterocycles. The van der Waals surface area contributed by atoms with Crippen molar-refractivity contribution in [3.05, 3.63) is 44.7 Å². The number of hydrogen-bond acceptors (Lipinski definition) is 7. The van der Waals surface area contributed by atoms with Gasteiger partial charge in [-0.3, -0.25) is 18.9 Å². The maximum absolute atomic E-state index is 13.5. The summed E-state index contributed by atoms with van der Waals surface area (Å²) in [7, 11) is 1.63. The maximum atomic E-state index is 13.5. The van der Waals surface area contributed by atoms with Crippen molar-refractivity contribution < 1.29 is 9.53 Å². The quantitative estimate of drug-likeness (QED) is 0.371. The Balaban J connectivity index is 1.73. The summed E-state index contributed by atoms with van der Waals surface area (Å²) in [5.41, 5.74) is 1.76. The first kappa shape index (κ1) is 22.9. The minimum absolute atomic E-state index is 0.173. The number of carbonyl (C=O) groups excluding carboxylic acids is 1. The molecule has 0 atom stereocenters. The van der Waals surface area contributed by atoms with Crippen LogP contribution >= 0.6 is 24.0 Å². The van der Waals surface area contributed by atoms with E-state index in [0.717, 1.165) is 18.4 Å². The molecule has 1 aliphatic carbocycles. The highest BCUT2D eigenvalue weighted by Gasteiger charge is 2.32. The number of ether oxygens (including phenoxy) is 1. The molecule has 0 spiro atoms. The van der Waals surface area contributed by atoms with Crippen molar-refractivity contribution in [2.75, 3.05) is 25.6 Å². The van der Waals surface area contributed by atoms with Crippen molar-refractivity contribution in [1.82, 2.24) is 14.3 Å². The number of thioether (sulfide) groups is 1. The van der Waals surface area contributed by atoms with Gasteiger partial charge in [0.2, 0.25) is 0 Å². The van der Waals surface area contributed by atoms with Crippen LogP contribution in [0.4, 0.5) is 5.82 Å². The molecule has 7 nitrogen and oxygen atoms in total. The Morgan fingerprint density at radius 3 is 2.81 bits per heavy atom. The number of rotatable bonds is 7. The van der Waals surface area contributed by atoms with Crippen LogP contribution in [0.5, 0.6) is 0 Å². The molecule has 0 radical (unpaired) electrons. The van der Waals surface area contributed by atoms with Gasteiger partial charge in [-0.05, 0) is 43.9 Å². The summed E-state index contributed by atoms with van der Waals surface area (Å²) < 4.78 is 7.14. The lowest BCUT2D eigenvalue weighted by atomic mass is 9.95. The van der Waals surface area contributed by atoms with Crippen molar-refractivity contribution in [3.8, 4) is 0 Å². The molecule has 1 amide bonds. The molecule has 2 aromatic heterocycles. The Bertz CT molecular complexity index is 1120. The number of fused-ring (bicyclic) bond motifs is 1. The molecule has 1 N–H and O–H groups in total. The SMILES string of the molecule is COCCCN1C(=O)C(=Cc2c(NC3CCCCC3)nc3ccc(C)cn3c2=O)SC1=S. The molecule has 2 aliphatic rings. The Labute approximate surface area is 197 Å². The van der Waals surface area contributed by atoms with E-state index in [9.17, 15) is 9.59 Å². The van der Waals surface area contributed by atoms with Crippen LogP contribution in [-0.2, 0) is 9.53 Å². The summed E-state index contributed by atoms with van der Waals surface area (Å²) in [4.78, 5) is 33.3. The van der Waals surface area contributed by atoms with Gasteiger partial charge >= 0.3 is 0 Å². The number of thiocarbonyl (C=S) groups is 1. The van der Waals surface area contributed by atoms with E-state index in [2.05, 4.69) is 5.32 Å². The summed E-state index contributed by atoms with van der Waals surface area (Å²) in [5.74, 6) is 0.365. The first-order valence-corrected chi connectivity index (χ1v) is 12.2. The second kappa shape index (κ2) is 10.1. The number of amides is 1. The number of nitrogens with one attached hydrogen (secondary N) is 1. The zero-order valence-electron chi connectivity index (χ0n) is 18.4. The van der Waals surface area contributed by atoms with Crippen LogP contribution in [0.15, 0.2) is 28.0 Å². The standard InChI is InChI=1S/C23H28N4O3S2/c1-15-9-10-19-25-20(24-16-7-4-3-5-8-16)17(21(28)27(19)14-15)13-18-22(29)26(23(31)32-18)11-6-12-30-2/h9-10,13-14,16,24H,3-8,11-12H2,1-2H3. The van der Waals surface area contributed by atoms with E-state index >= 15 is 0 Å². The predicted molar refractivity (Wildman–Crippen MR) is 133 cm³/mol. The molecular weight excluding hydrogens is 444 g/mol. The number of hydrogen-bond donors (Lipinski definition) is 1. The number of nitrogens with zero attached hydrogens (tertiary/aromatic N) is 3. The van der Waals surface area contributed by atoms with Crippen LogP contribution < -0.4 is 10.9 Å². The number of carbonyl (C=O) groups is 1. The van der Waals surface area contributed by atoms with Crippen LogP contribution in [0, 0.1) is 6.92 Å². The molecule has 1 saturated carbocycles. The minimum Gasteiger partial charge on any atom is -0.385 e. The highest BCUT2D eigenvalue weighted by molar-refractivity contribution is 8.26. The number of aromatic nitrogens is 2. The third kappa shape index (κ3) is 4.89. The lowest BCUT2D eigenvalue weighted by Crippen LogP contribution is -2.30. The van der Waals surface area contributed by atoms with Crippen LogP contribution in [0.25, 0.3) is 11.7 Å². The first-order valence-electron chi connectivity index (χ1n) is 11.0. The van der Waals surface area contributed by atoms with Gasteiger partial charge in [-0.1, -0.05) is 49.3 Å². The maximum Gasteiger partial charge on any atom is 0.267 e. The molecule has 9 heteroatoms. The molecule has 4 rings (SSSR count). The Hall–Kier alpha value is -2.23. The molecule has 170 valence electrons. The van der Waals surface area contributed by atoms with Gasteiger partial charge in [0, 0.05) is 32.5 Å². The lowest BCUT2D eigenvalue weighted by Gasteiger charge is -2.24. The minimum atomic E-state index is -0.193. The average Bonchev–Trinajstić information content (AvgIpc) is 3.05. The summed E-state index contributed by atoms with van der Waals surface area (Å²) in [6.07, 6.45) is 9.81. The largest absolute Gasteiger partial charge is 0.385 e. The van der Waals surface area contributed by atoms with Crippen molar-refractivity contribution in [1.29, 1.82) is 0 Å². The fourth-order valence-electron chi connectivity index (χ4n) is 4.13. The van der Waals surface area contributed by atoms with Crippen molar-refractivity contribution in [3.63, 3.8) is 0 Å². The van der Waals surface area contributed by atoms with Crippen LogP contribution in [-0.4, -0.2) is 50.8 Å². The Kier molecular flexibility index (Phi) is 7.27. The molecular formula is C23H28N4O3S2. The Morgan fingerprint density at radius 1 is 1.28 bits per heavy atom. The third-order valence-corrected chi connectivity index (χ3v) is 7.21. The fraction of sp³-hybridized carbons (Fsp3) is 0.478. The number of pyridine rings is 1. The van der Waals surface area contributed by atoms with Gasteiger partial charge in [0.1, 0.15) is 15.8 Å². The highest BCUT2D eigenvalue weighted by Crippen LogP contribution is 2.33. The van der Waals surface area contributed by atoms with Gasteiger partial charge < -0.3 is 10.1 Å². The van der Waals surface area contributed by atoms with Gasteiger partial charge in [0.05, 0.1) is 10.5 Å². The summed E-state index contributed by atoms with van der Waals surface area (Å²) in [6, 6.07) is 4.07. The first-order chi connectivity index (χ1) is 15.5. The highest BCUT2D eigenvalue weighted by atomic mass is 32.2. The van der Waals surface area contributed by atoms with Gasteiger partial charge in [0.25, 0.3) is 11.5 Å². The molecule has 2 aromatic rings. The molecule has 0 unspecified atom stereocenters. The number of anilines is 1. The van der Waals surface area contributed by atoms with Crippen LogP contribution in [0.3, 0.4) is 0 Å². The number of aryl methyl sites for hydroxylation is 1. The normalized spacial score (nSPS) is 18.8. The second-order valence-electron chi connectivity index (χ2n) is 8.27. The van der Waals surface area contributed by atoms with E-state index in [4.69, 9.17) is 21.9 Å². The second-order valence-corrected chi connectivity index (χ2v) is 9.95. The van der Waals surface area contributed by atoms with E-state index in [1.165, 1.54) is 31.0 Å². The molecule has 1 aliphatic heterocycles. The molecule has 0 bridgehead atoms. The third-order valence-electron chi connectivity index (χ3n) is 5.83. The number of methoxy groups -OCH3 is 1. The van der Waals surface area contributed by atoms with Gasteiger partial charge in [-0.2, -0.15) is 0 Å². The van der Waals surface area contributed by atoms with Crippen molar-refractivity contribution in [2.24, 2.45) is 0 Å². The van der Waals surface area contributed by atoms with E-state index in [0.29, 0.717) is 45.8 Å². The average molecular weight is 473 g/mol. The lowest BCUT2D eigenvalue weighted by molar-refractivity contribution is -0.122. The van der Waals surface area contributed by atoms with Crippen molar-refractivity contribution >= 4 is 51.7 Å². The fourth-order valence-corrected chi connectivity index (χ4v) is 5.42. The topological polar surface area (TPSA) is 75.9 Å². The van der Waals surface area contributed by atoms with Crippen molar-refractivity contribution in [2.45, 2.75) is 51.5 Å². The molecule has 0 aromatic carbocycles. The van der Waals surface area contributed by atoms with E-state index in [1.807, 2.05) is 19.1 Å². The van der Waals surface area contributed by atoms with E-state index < -0.39 is 0 Å². The van der Waals surface area contributed by atoms with E-state index in [1.54, 1.807) is 28.7 Å². The predicted octanol–water partition coefficient (Wildman–Crippen LogP) is 3.99. The van der Waals surface area contributed by atoms with E-state index in [-0.39, 0.29) is 17.5 Å². The summed E-state index contributed by atoms with van der Waals surface area (Å²) in [5, 5.41) is 3.50. The van der Waals surface area contributed by atoms with Crippen LogP contribution in [0.1, 0.15) is 49.7 Å². The smallest absolute Gasteiger partial charge is 0.267 e. The molecule has 32 heavy (non-hydrogen) atoms. The summed E-state index contributed by atoms with van der Waals surface area (Å²) in [6.45, 7) is 2.99. The monoisotopic (exact) mass is 472 g/mol. The Morgan fingerprint density at radius 2 is 2.06 bits per heavy atom. The van der Waals surface area contributed by atoms with Gasteiger partial charge in [-0.25, -0.2) is 4.98 Å².